The van der Waals surface area contributed by atoms with Gasteiger partial charge in [-0.2, -0.15) is 11.3 Å². The zero-order valence-corrected chi connectivity index (χ0v) is 20.4. The van der Waals surface area contributed by atoms with Crippen molar-refractivity contribution in [3.05, 3.63) is 40.3 Å². The Kier molecular flexibility index (Phi) is 6.11. The molecule has 0 aliphatic heterocycles. The average molecular weight is 407 g/mol. The van der Waals surface area contributed by atoms with Gasteiger partial charge in [0.1, 0.15) is 13.8 Å². The number of benzene rings is 1. The van der Waals surface area contributed by atoms with E-state index in [4.69, 9.17) is 0 Å². The second-order valence-corrected chi connectivity index (χ2v) is 17.5. The summed E-state index contributed by atoms with van der Waals surface area (Å²) in [6, 6.07) is 6.62. The SMILES string of the molecule is Cc1csc([Si](C)(C)CSc2cc(C(C)(C)C)c(O)cc2C(C)(C)C)c1. The number of hydrogen-bond acceptors (Lipinski definition) is 3. The van der Waals surface area contributed by atoms with E-state index in [-0.39, 0.29) is 10.8 Å². The van der Waals surface area contributed by atoms with Gasteiger partial charge in [-0.1, -0.05) is 54.6 Å². The summed E-state index contributed by atoms with van der Waals surface area (Å²) in [7, 11) is -1.48. The van der Waals surface area contributed by atoms with Crippen molar-refractivity contribution in [2.75, 3.05) is 5.38 Å². The van der Waals surface area contributed by atoms with Crippen molar-refractivity contribution in [2.45, 2.75) is 77.3 Å². The minimum atomic E-state index is -1.48. The van der Waals surface area contributed by atoms with E-state index in [0.717, 1.165) is 10.9 Å². The number of phenolic OH excluding ortho intramolecular Hbond substituents is 1. The quantitative estimate of drug-likeness (QED) is 0.455. The van der Waals surface area contributed by atoms with Gasteiger partial charge in [0.05, 0.1) is 0 Å². The first kappa shape index (κ1) is 21.6. The molecule has 1 nitrogen and oxygen atoms in total. The monoisotopic (exact) mass is 406 g/mol. The third-order valence-corrected chi connectivity index (χ3v) is 13.2. The predicted molar refractivity (Wildman–Crippen MR) is 122 cm³/mol. The molecule has 0 aliphatic carbocycles. The van der Waals surface area contributed by atoms with E-state index in [1.54, 1.807) is 4.50 Å². The van der Waals surface area contributed by atoms with Crippen LogP contribution in [-0.2, 0) is 10.8 Å². The summed E-state index contributed by atoms with van der Waals surface area (Å²) in [6.07, 6.45) is 0. The third-order valence-electron chi connectivity index (χ3n) is 4.70. The minimum absolute atomic E-state index is 0.0153. The molecule has 1 aromatic heterocycles. The number of thiophene rings is 1. The van der Waals surface area contributed by atoms with Gasteiger partial charge in [0.25, 0.3) is 0 Å². The number of aromatic hydroxyl groups is 1. The van der Waals surface area contributed by atoms with Crippen LogP contribution in [0.15, 0.2) is 28.5 Å². The molecule has 4 heteroatoms. The van der Waals surface area contributed by atoms with Crippen LogP contribution in [0.2, 0.25) is 13.1 Å². The molecule has 1 aromatic carbocycles. The van der Waals surface area contributed by atoms with Crippen LogP contribution in [0.4, 0.5) is 0 Å². The summed E-state index contributed by atoms with van der Waals surface area (Å²) in [4.78, 5) is 1.33. The first-order valence-electron chi connectivity index (χ1n) is 9.28. The summed E-state index contributed by atoms with van der Waals surface area (Å²) in [5, 5.41) is 14.1. The Hall–Kier alpha value is -0.713. The third kappa shape index (κ3) is 4.96. The fourth-order valence-electron chi connectivity index (χ4n) is 2.99. The fourth-order valence-corrected chi connectivity index (χ4v) is 9.58. The summed E-state index contributed by atoms with van der Waals surface area (Å²) in [6.45, 7) is 20.3. The number of rotatable bonds is 4. The first-order chi connectivity index (χ1) is 11.7. The number of thioether (sulfide) groups is 1. The van der Waals surface area contributed by atoms with Gasteiger partial charge in [-0.05, 0) is 62.3 Å². The average Bonchev–Trinajstić information content (AvgIpc) is 2.91. The van der Waals surface area contributed by atoms with Gasteiger partial charge in [-0.15, -0.1) is 11.8 Å². The highest BCUT2D eigenvalue weighted by atomic mass is 32.2. The van der Waals surface area contributed by atoms with Crippen molar-refractivity contribution in [2.24, 2.45) is 0 Å². The number of hydrogen-bond donors (Lipinski definition) is 1. The van der Waals surface area contributed by atoms with Crippen molar-refractivity contribution >= 4 is 35.7 Å². The standard InChI is InChI=1S/C22H34OS2Si/c1-15-10-20(24-13-15)26(8,9)14-25-19-12-16(21(2,3)4)18(23)11-17(19)22(5,6)7/h10-13,23H,14H2,1-9H3. The molecule has 2 aromatic rings. The van der Waals surface area contributed by atoms with Crippen LogP contribution in [0.3, 0.4) is 0 Å². The lowest BCUT2D eigenvalue weighted by atomic mass is 9.81. The molecular weight excluding hydrogens is 372 g/mol. The maximum Gasteiger partial charge on any atom is 0.119 e. The zero-order chi connectivity index (χ0) is 19.9. The Morgan fingerprint density at radius 3 is 2.00 bits per heavy atom. The Balaban J connectivity index is 2.40. The first-order valence-corrected chi connectivity index (χ1v) is 14.4. The molecule has 1 heterocycles. The molecule has 2 rings (SSSR count). The normalized spacial score (nSPS) is 13.3. The maximum atomic E-state index is 10.6. The molecule has 0 atom stereocenters. The molecule has 26 heavy (non-hydrogen) atoms. The van der Waals surface area contributed by atoms with Gasteiger partial charge < -0.3 is 5.11 Å². The fraction of sp³-hybridized carbons (Fsp3) is 0.545. The van der Waals surface area contributed by atoms with E-state index in [0.29, 0.717) is 5.75 Å². The Morgan fingerprint density at radius 1 is 0.962 bits per heavy atom. The van der Waals surface area contributed by atoms with Gasteiger partial charge >= 0.3 is 0 Å². The van der Waals surface area contributed by atoms with Gasteiger partial charge in [0.15, 0.2) is 0 Å². The van der Waals surface area contributed by atoms with Crippen molar-refractivity contribution < 1.29 is 5.11 Å². The molecule has 0 bridgehead atoms. The highest BCUT2D eigenvalue weighted by Crippen LogP contribution is 2.41. The topological polar surface area (TPSA) is 20.2 Å². The molecule has 0 radical (unpaired) electrons. The van der Waals surface area contributed by atoms with Gasteiger partial charge in [-0.3, -0.25) is 0 Å². The molecule has 0 aliphatic rings. The smallest absolute Gasteiger partial charge is 0.119 e. The lowest BCUT2D eigenvalue weighted by Gasteiger charge is -2.29. The van der Waals surface area contributed by atoms with Gasteiger partial charge in [-0.25, -0.2) is 0 Å². The van der Waals surface area contributed by atoms with E-state index in [1.807, 2.05) is 29.2 Å². The highest BCUT2D eigenvalue weighted by molar-refractivity contribution is 8.01. The summed E-state index contributed by atoms with van der Waals surface area (Å²) >= 11 is 3.90. The Bertz CT molecular complexity index is 776. The van der Waals surface area contributed by atoms with Gasteiger partial charge in [0.2, 0.25) is 0 Å². The molecule has 0 amide bonds. The summed E-state index contributed by atoms with van der Waals surface area (Å²) in [5.74, 6) is 0.428. The molecule has 0 fully saturated rings. The maximum absolute atomic E-state index is 10.6. The predicted octanol–water partition coefficient (Wildman–Crippen LogP) is 6.60. The molecule has 0 saturated carbocycles. The molecule has 0 saturated heterocycles. The van der Waals surface area contributed by atoms with E-state index >= 15 is 0 Å². The van der Waals surface area contributed by atoms with E-state index in [9.17, 15) is 5.11 Å². The molecular formula is C22H34OS2Si. The molecule has 0 spiro atoms. The summed E-state index contributed by atoms with van der Waals surface area (Å²) < 4.78 is 1.58. The van der Waals surface area contributed by atoms with Crippen LogP contribution < -0.4 is 4.50 Å². The summed E-state index contributed by atoms with van der Waals surface area (Å²) in [5.41, 5.74) is 3.62. The number of phenols is 1. The van der Waals surface area contributed by atoms with E-state index in [2.05, 4.69) is 79.1 Å². The lowest BCUT2D eigenvalue weighted by molar-refractivity contribution is 0.441. The molecule has 1 N–H and O–H groups in total. The van der Waals surface area contributed by atoms with Crippen LogP contribution >= 0.6 is 23.1 Å². The van der Waals surface area contributed by atoms with Crippen molar-refractivity contribution in [1.29, 1.82) is 0 Å². The van der Waals surface area contributed by atoms with Crippen molar-refractivity contribution in [1.82, 2.24) is 0 Å². The van der Waals surface area contributed by atoms with Crippen molar-refractivity contribution in [3.8, 4) is 5.75 Å². The minimum Gasteiger partial charge on any atom is -0.508 e. The Labute approximate surface area is 169 Å². The van der Waals surface area contributed by atoms with E-state index < -0.39 is 8.07 Å². The second-order valence-electron chi connectivity index (χ2n) is 10.0. The van der Waals surface area contributed by atoms with Crippen LogP contribution in [0.25, 0.3) is 0 Å². The molecule has 144 valence electrons. The van der Waals surface area contributed by atoms with Crippen molar-refractivity contribution in [3.63, 3.8) is 0 Å². The molecule has 0 unspecified atom stereocenters. The van der Waals surface area contributed by atoms with Crippen LogP contribution in [-0.4, -0.2) is 18.6 Å². The highest BCUT2D eigenvalue weighted by Gasteiger charge is 2.29. The number of aryl methyl sites for hydroxylation is 1. The van der Waals surface area contributed by atoms with E-state index in [1.165, 1.54) is 16.0 Å². The Morgan fingerprint density at radius 2 is 1.54 bits per heavy atom. The van der Waals surface area contributed by atoms with Crippen LogP contribution in [0.1, 0.15) is 58.2 Å². The van der Waals surface area contributed by atoms with Crippen LogP contribution in [0, 0.1) is 6.92 Å². The second kappa shape index (κ2) is 7.37. The zero-order valence-electron chi connectivity index (χ0n) is 17.8. The van der Waals surface area contributed by atoms with Crippen LogP contribution in [0.5, 0.6) is 5.75 Å². The van der Waals surface area contributed by atoms with Gasteiger partial charge in [0, 0.05) is 10.5 Å². The largest absolute Gasteiger partial charge is 0.508 e. The lowest BCUT2D eigenvalue weighted by Crippen LogP contribution is -2.42.